The van der Waals surface area contributed by atoms with Crippen molar-refractivity contribution in [3.05, 3.63) is 40.1 Å². The lowest BCUT2D eigenvalue weighted by Crippen LogP contribution is -1.96. The molecule has 0 aliphatic heterocycles. The number of halogens is 2. The zero-order valence-corrected chi connectivity index (χ0v) is 11.3. The predicted molar refractivity (Wildman–Crippen MR) is 71.8 cm³/mol. The third kappa shape index (κ3) is 3.25. The van der Waals surface area contributed by atoms with E-state index < -0.39 is 0 Å². The van der Waals surface area contributed by atoms with E-state index in [9.17, 15) is 0 Å². The van der Waals surface area contributed by atoms with E-state index in [1.165, 1.54) is 11.8 Å². The van der Waals surface area contributed by atoms with Crippen molar-refractivity contribution in [2.75, 3.05) is 5.73 Å². The molecule has 1 heterocycles. The molecule has 0 atom stereocenters. The van der Waals surface area contributed by atoms with Crippen molar-refractivity contribution >= 4 is 40.8 Å². The van der Waals surface area contributed by atoms with Crippen LogP contribution in [0.1, 0.15) is 5.82 Å². The van der Waals surface area contributed by atoms with Gasteiger partial charge in [-0.15, -0.1) is 0 Å². The first-order chi connectivity index (χ1) is 8.04. The van der Waals surface area contributed by atoms with E-state index in [0.717, 1.165) is 9.92 Å². The monoisotopic (exact) mass is 285 g/mol. The van der Waals surface area contributed by atoms with Crippen LogP contribution in [0, 0.1) is 6.92 Å². The molecule has 0 saturated carbocycles. The maximum absolute atomic E-state index is 5.94. The lowest BCUT2D eigenvalue weighted by Gasteiger charge is -2.04. The van der Waals surface area contributed by atoms with Gasteiger partial charge in [-0.3, -0.25) is 0 Å². The second-order valence-electron chi connectivity index (χ2n) is 3.36. The minimum Gasteiger partial charge on any atom is -0.384 e. The van der Waals surface area contributed by atoms with Gasteiger partial charge in [0.25, 0.3) is 0 Å². The summed E-state index contributed by atoms with van der Waals surface area (Å²) in [4.78, 5) is 9.25. The van der Waals surface area contributed by atoms with Gasteiger partial charge in [0.05, 0.1) is 10.0 Å². The summed E-state index contributed by atoms with van der Waals surface area (Å²) in [6.45, 7) is 1.80. The van der Waals surface area contributed by atoms with Crippen LogP contribution in [0.5, 0.6) is 0 Å². The van der Waals surface area contributed by atoms with Gasteiger partial charge >= 0.3 is 0 Å². The number of hydrogen-bond acceptors (Lipinski definition) is 4. The summed E-state index contributed by atoms with van der Waals surface area (Å²) in [7, 11) is 0. The Hall–Kier alpha value is -0.970. The molecule has 1 aromatic carbocycles. The van der Waals surface area contributed by atoms with Gasteiger partial charge in [0.15, 0.2) is 0 Å². The van der Waals surface area contributed by atoms with Gasteiger partial charge in [-0.05, 0) is 25.1 Å². The smallest absolute Gasteiger partial charge is 0.128 e. The highest BCUT2D eigenvalue weighted by Gasteiger charge is 2.04. The van der Waals surface area contributed by atoms with Gasteiger partial charge in [0.2, 0.25) is 0 Å². The molecule has 2 aromatic rings. The summed E-state index contributed by atoms with van der Waals surface area (Å²) < 4.78 is 0. The number of aryl methyl sites for hydroxylation is 1. The maximum atomic E-state index is 5.94. The molecular weight excluding hydrogens is 277 g/mol. The summed E-state index contributed by atoms with van der Waals surface area (Å²) in [5, 5.41) is 1.85. The molecule has 2 rings (SSSR count). The van der Waals surface area contributed by atoms with Crippen molar-refractivity contribution in [2.45, 2.75) is 16.8 Å². The zero-order chi connectivity index (χ0) is 12.4. The van der Waals surface area contributed by atoms with E-state index in [2.05, 4.69) is 9.97 Å². The fourth-order valence-corrected chi connectivity index (χ4v) is 2.55. The van der Waals surface area contributed by atoms with Gasteiger partial charge in [-0.1, -0.05) is 35.0 Å². The predicted octanol–water partition coefficient (Wildman–Crippen LogP) is 3.83. The zero-order valence-electron chi connectivity index (χ0n) is 8.95. The molecular formula is C11H9Cl2N3S. The molecule has 88 valence electrons. The molecule has 17 heavy (non-hydrogen) atoms. The van der Waals surface area contributed by atoms with Gasteiger partial charge < -0.3 is 5.73 Å². The molecule has 0 fully saturated rings. The standard InChI is InChI=1S/C11H9Cl2N3S/c1-6-15-10(14)5-11(16-6)17-7-2-3-8(12)9(13)4-7/h2-5H,1H3,(H2,14,15,16). The average molecular weight is 286 g/mol. The van der Waals surface area contributed by atoms with Crippen LogP contribution in [0.2, 0.25) is 10.0 Å². The molecule has 2 N–H and O–H groups in total. The Morgan fingerprint density at radius 2 is 1.88 bits per heavy atom. The van der Waals surface area contributed by atoms with Gasteiger partial charge in [0.1, 0.15) is 16.7 Å². The minimum atomic E-state index is 0.458. The first-order valence-corrected chi connectivity index (χ1v) is 6.36. The summed E-state index contributed by atoms with van der Waals surface area (Å²) in [5.74, 6) is 1.10. The molecule has 0 unspecified atom stereocenters. The Kier molecular flexibility index (Phi) is 3.76. The van der Waals surface area contributed by atoms with Crippen LogP contribution < -0.4 is 5.73 Å². The van der Waals surface area contributed by atoms with Crippen molar-refractivity contribution in [1.82, 2.24) is 9.97 Å². The third-order valence-electron chi connectivity index (χ3n) is 1.95. The number of rotatable bonds is 2. The number of nitrogens with zero attached hydrogens (tertiary/aromatic N) is 2. The second-order valence-corrected chi connectivity index (χ2v) is 5.26. The summed E-state index contributed by atoms with van der Waals surface area (Å²) in [6, 6.07) is 7.15. The van der Waals surface area contributed by atoms with E-state index in [-0.39, 0.29) is 0 Å². The Morgan fingerprint density at radius 1 is 1.12 bits per heavy atom. The Bertz CT molecular complexity index is 540. The van der Waals surface area contributed by atoms with Crippen molar-refractivity contribution < 1.29 is 0 Å². The fourth-order valence-electron chi connectivity index (χ4n) is 1.28. The second kappa shape index (κ2) is 5.12. The quantitative estimate of drug-likeness (QED) is 0.852. The first-order valence-electron chi connectivity index (χ1n) is 4.78. The first kappa shape index (κ1) is 12.5. The van der Waals surface area contributed by atoms with E-state index in [1.807, 2.05) is 6.07 Å². The van der Waals surface area contributed by atoms with E-state index in [1.54, 1.807) is 25.1 Å². The highest BCUT2D eigenvalue weighted by Crippen LogP contribution is 2.31. The fraction of sp³-hybridized carbons (Fsp3) is 0.0909. The van der Waals surface area contributed by atoms with Crippen molar-refractivity contribution in [1.29, 1.82) is 0 Å². The molecule has 0 aliphatic rings. The number of benzene rings is 1. The SMILES string of the molecule is Cc1nc(N)cc(Sc2ccc(Cl)c(Cl)c2)n1. The van der Waals surface area contributed by atoms with Crippen LogP contribution >= 0.6 is 35.0 Å². The van der Waals surface area contributed by atoms with Crippen LogP contribution in [0.3, 0.4) is 0 Å². The van der Waals surface area contributed by atoms with E-state index in [0.29, 0.717) is 21.7 Å². The molecule has 0 amide bonds. The van der Waals surface area contributed by atoms with Crippen LogP contribution in [0.25, 0.3) is 0 Å². The summed E-state index contributed by atoms with van der Waals surface area (Å²) >= 11 is 13.3. The highest BCUT2D eigenvalue weighted by atomic mass is 35.5. The van der Waals surface area contributed by atoms with E-state index >= 15 is 0 Å². The van der Waals surface area contributed by atoms with Crippen molar-refractivity contribution in [2.24, 2.45) is 0 Å². The van der Waals surface area contributed by atoms with Gasteiger partial charge in [0, 0.05) is 11.0 Å². The van der Waals surface area contributed by atoms with Gasteiger partial charge in [-0.2, -0.15) is 0 Å². The lowest BCUT2D eigenvalue weighted by atomic mass is 10.4. The number of nitrogen functional groups attached to an aromatic ring is 1. The Labute approximate surface area is 113 Å². The molecule has 6 heteroatoms. The maximum Gasteiger partial charge on any atom is 0.128 e. The number of aromatic nitrogens is 2. The largest absolute Gasteiger partial charge is 0.384 e. The Morgan fingerprint density at radius 3 is 2.53 bits per heavy atom. The summed E-state index contributed by atoms with van der Waals surface area (Å²) in [5.41, 5.74) is 5.66. The molecule has 3 nitrogen and oxygen atoms in total. The number of anilines is 1. The normalized spacial score (nSPS) is 10.5. The van der Waals surface area contributed by atoms with E-state index in [4.69, 9.17) is 28.9 Å². The van der Waals surface area contributed by atoms with Crippen LogP contribution in [-0.2, 0) is 0 Å². The molecule has 0 aliphatic carbocycles. The molecule has 0 radical (unpaired) electrons. The number of nitrogens with two attached hydrogens (primary N) is 1. The molecule has 1 aromatic heterocycles. The third-order valence-corrected chi connectivity index (χ3v) is 3.59. The van der Waals surface area contributed by atoms with Crippen molar-refractivity contribution in [3.8, 4) is 0 Å². The van der Waals surface area contributed by atoms with Crippen LogP contribution in [-0.4, -0.2) is 9.97 Å². The topological polar surface area (TPSA) is 51.8 Å². The average Bonchev–Trinajstić information content (AvgIpc) is 2.22. The van der Waals surface area contributed by atoms with Crippen molar-refractivity contribution in [3.63, 3.8) is 0 Å². The Balaban J connectivity index is 2.28. The number of hydrogen-bond donors (Lipinski definition) is 1. The van der Waals surface area contributed by atoms with Crippen LogP contribution in [0.15, 0.2) is 34.2 Å². The molecule has 0 saturated heterocycles. The minimum absolute atomic E-state index is 0.458. The van der Waals surface area contributed by atoms with Gasteiger partial charge in [-0.25, -0.2) is 9.97 Å². The highest BCUT2D eigenvalue weighted by molar-refractivity contribution is 7.99. The molecule has 0 spiro atoms. The molecule has 0 bridgehead atoms. The summed E-state index contributed by atoms with van der Waals surface area (Å²) in [6.07, 6.45) is 0. The van der Waals surface area contributed by atoms with Crippen LogP contribution in [0.4, 0.5) is 5.82 Å². The lowest BCUT2D eigenvalue weighted by molar-refractivity contribution is 0.975.